The number of amides is 3. The Labute approximate surface area is 171 Å². The summed E-state index contributed by atoms with van der Waals surface area (Å²) in [7, 11) is 0. The van der Waals surface area contributed by atoms with E-state index in [1.165, 1.54) is 11.8 Å². The molecule has 0 bridgehead atoms. The summed E-state index contributed by atoms with van der Waals surface area (Å²) in [6.07, 6.45) is 2.63. The molecule has 10 nitrogen and oxygen atoms in total. The topological polar surface area (TPSA) is 168 Å². The average Bonchev–Trinajstić information content (AvgIpc) is 3.15. The van der Waals surface area contributed by atoms with E-state index in [4.69, 9.17) is 11.5 Å². The lowest BCUT2D eigenvalue weighted by atomic mass is 10.0. The summed E-state index contributed by atoms with van der Waals surface area (Å²) in [6, 6.07) is -3.37. The number of hydrogen-bond donors (Lipinski definition) is 5. The Balaban J connectivity index is 2.81. The molecule has 1 aliphatic rings. The van der Waals surface area contributed by atoms with Crippen LogP contribution in [0, 0.1) is 5.92 Å². The third kappa shape index (κ3) is 7.28. The highest BCUT2D eigenvalue weighted by atomic mass is 16.4. The van der Waals surface area contributed by atoms with Gasteiger partial charge in [0.2, 0.25) is 17.7 Å². The van der Waals surface area contributed by atoms with Gasteiger partial charge < -0.3 is 32.1 Å². The largest absolute Gasteiger partial charge is 0.480 e. The monoisotopic (exact) mass is 413 g/mol. The molecule has 1 heterocycles. The van der Waals surface area contributed by atoms with Crippen molar-refractivity contribution in [1.82, 2.24) is 15.5 Å². The van der Waals surface area contributed by atoms with Gasteiger partial charge in [-0.3, -0.25) is 14.4 Å². The first-order chi connectivity index (χ1) is 13.6. The minimum Gasteiger partial charge on any atom is -0.480 e. The average molecular weight is 414 g/mol. The van der Waals surface area contributed by atoms with Crippen LogP contribution in [0.4, 0.5) is 0 Å². The maximum absolute atomic E-state index is 12.9. The van der Waals surface area contributed by atoms with Crippen molar-refractivity contribution in [3.63, 3.8) is 0 Å². The first kappa shape index (κ1) is 24.8. The van der Waals surface area contributed by atoms with Crippen LogP contribution in [0.5, 0.6) is 0 Å². The summed E-state index contributed by atoms with van der Waals surface area (Å²) in [5.41, 5.74) is 11.3. The van der Waals surface area contributed by atoms with E-state index in [0.717, 1.165) is 0 Å². The number of carbonyl (C=O) groups excluding carboxylic acids is 3. The fourth-order valence-electron chi connectivity index (χ4n) is 3.21. The Morgan fingerprint density at radius 3 is 2.31 bits per heavy atom. The fourth-order valence-corrected chi connectivity index (χ4v) is 3.21. The second-order valence-corrected chi connectivity index (χ2v) is 7.87. The van der Waals surface area contributed by atoms with E-state index in [1.807, 2.05) is 0 Å². The number of nitrogens with one attached hydrogen (secondary N) is 2. The molecule has 4 unspecified atom stereocenters. The zero-order chi connectivity index (χ0) is 22.1. The molecule has 0 spiro atoms. The minimum atomic E-state index is -1.05. The summed E-state index contributed by atoms with van der Waals surface area (Å²) in [4.78, 5) is 50.3. The van der Waals surface area contributed by atoms with E-state index in [-0.39, 0.29) is 5.92 Å². The van der Waals surface area contributed by atoms with Gasteiger partial charge >= 0.3 is 5.97 Å². The van der Waals surface area contributed by atoms with Crippen LogP contribution in [0.2, 0.25) is 0 Å². The van der Waals surface area contributed by atoms with Crippen molar-refractivity contribution in [3.8, 4) is 0 Å². The Kier molecular flexibility index (Phi) is 10.0. The van der Waals surface area contributed by atoms with Crippen LogP contribution in [-0.2, 0) is 19.2 Å². The van der Waals surface area contributed by atoms with Gasteiger partial charge in [0.1, 0.15) is 18.1 Å². The molecule has 29 heavy (non-hydrogen) atoms. The molecular weight excluding hydrogens is 378 g/mol. The van der Waals surface area contributed by atoms with Crippen molar-refractivity contribution in [2.75, 3.05) is 13.1 Å². The number of nitrogens with two attached hydrogens (primary N) is 2. The molecule has 0 radical (unpaired) electrons. The second kappa shape index (κ2) is 11.7. The number of unbranched alkanes of at least 4 members (excludes halogenated alkanes) is 1. The van der Waals surface area contributed by atoms with E-state index >= 15 is 0 Å². The number of aliphatic carboxylic acids is 1. The maximum atomic E-state index is 12.9. The molecule has 0 saturated carbocycles. The lowest BCUT2D eigenvalue weighted by Crippen LogP contribution is -2.56. The summed E-state index contributed by atoms with van der Waals surface area (Å²) in [5, 5.41) is 14.6. The summed E-state index contributed by atoms with van der Waals surface area (Å²) < 4.78 is 0. The Morgan fingerprint density at radius 2 is 1.76 bits per heavy atom. The van der Waals surface area contributed by atoms with Crippen LogP contribution in [0.15, 0.2) is 0 Å². The molecule has 1 saturated heterocycles. The number of carbonyl (C=O) groups is 4. The predicted octanol–water partition coefficient (Wildman–Crippen LogP) is -0.836. The molecule has 4 atom stereocenters. The van der Waals surface area contributed by atoms with Crippen LogP contribution in [0.3, 0.4) is 0 Å². The smallest absolute Gasteiger partial charge is 0.326 e. The number of likely N-dealkylation sites (tertiary alicyclic amines) is 1. The van der Waals surface area contributed by atoms with Crippen LogP contribution in [-0.4, -0.2) is 71.0 Å². The van der Waals surface area contributed by atoms with Crippen molar-refractivity contribution in [2.24, 2.45) is 17.4 Å². The molecule has 1 aliphatic heterocycles. The lowest BCUT2D eigenvalue weighted by Gasteiger charge is -2.28. The first-order valence-corrected chi connectivity index (χ1v) is 10.2. The zero-order valence-corrected chi connectivity index (χ0v) is 17.5. The standard InChI is InChI=1S/C19H35N5O5/c1-11(2)15(21)17(26)22-12(3)16(25)23-13(7-4-5-9-20)18(27)24-10-6-8-14(24)19(28)29/h11-15H,4-10,20-21H2,1-3H3,(H,22,26)(H,23,25)(H,28,29). The van der Waals surface area contributed by atoms with E-state index in [1.54, 1.807) is 13.8 Å². The Bertz CT molecular complexity index is 598. The first-order valence-electron chi connectivity index (χ1n) is 10.2. The molecule has 0 aromatic heterocycles. The van der Waals surface area contributed by atoms with E-state index in [0.29, 0.717) is 45.2 Å². The van der Waals surface area contributed by atoms with Gasteiger partial charge in [0.25, 0.3) is 0 Å². The fraction of sp³-hybridized carbons (Fsp3) is 0.789. The highest BCUT2D eigenvalue weighted by Crippen LogP contribution is 2.20. The van der Waals surface area contributed by atoms with Gasteiger partial charge in [-0.2, -0.15) is 0 Å². The summed E-state index contributed by atoms with van der Waals surface area (Å²) in [5.74, 6) is -2.52. The van der Waals surface area contributed by atoms with Crippen molar-refractivity contribution in [2.45, 2.75) is 77.0 Å². The van der Waals surface area contributed by atoms with Crippen LogP contribution < -0.4 is 22.1 Å². The van der Waals surface area contributed by atoms with Gasteiger partial charge in [0, 0.05) is 6.54 Å². The van der Waals surface area contributed by atoms with Gasteiger partial charge in [-0.15, -0.1) is 0 Å². The molecule has 10 heteroatoms. The van der Waals surface area contributed by atoms with Crippen molar-refractivity contribution < 1.29 is 24.3 Å². The van der Waals surface area contributed by atoms with Gasteiger partial charge in [-0.05, 0) is 51.5 Å². The van der Waals surface area contributed by atoms with Crippen molar-refractivity contribution in [3.05, 3.63) is 0 Å². The van der Waals surface area contributed by atoms with Crippen LogP contribution >= 0.6 is 0 Å². The number of carboxylic acid groups (broad SMARTS) is 1. The Morgan fingerprint density at radius 1 is 1.10 bits per heavy atom. The number of nitrogens with zero attached hydrogens (tertiary/aromatic N) is 1. The van der Waals surface area contributed by atoms with E-state index < -0.39 is 47.9 Å². The molecule has 7 N–H and O–H groups in total. The molecular formula is C19H35N5O5. The highest BCUT2D eigenvalue weighted by Gasteiger charge is 2.37. The molecule has 1 rings (SSSR count). The van der Waals surface area contributed by atoms with Crippen molar-refractivity contribution in [1.29, 1.82) is 0 Å². The molecule has 3 amide bonds. The predicted molar refractivity (Wildman–Crippen MR) is 108 cm³/mol. The quantitative estimate of drug-likeness (QED) is 0.275. The summed E-state index contributed by atoms with van der Waals surface area (Å²) >= 11 is 0. The number of carboxylic acids is 1. The summed E-state index contributed by atoms with van der Waals surface area (Å²) in [6.45, 7) is 5.91. The van der Waals surface area contributed by atoms with Crippen LogP contribution in [0.25, 0.3) is 0 Å². The highest BCUT2D eigenvalue weighted by molar-refractivity contribution is 5.94. The lowest BCUT2D eigenvalue weighted by molar-refractivity contribution is -0.149. The maximum Gasteiger partial charge on any atom is 0.326 e. The van der Waals surface area contributed by atoms with Crippen molar-refractivity contribution >= 4 is 23.7 Å². The van der Waals surface area contributed by atoms with Gasteiger partial charge in [-0.1, -0.05) is 13.8 Å². The van der Waals surface area contributed by atoms with Gasteiger partial charge in [0.15, 0.2) is 0 Å². The number of hydrogen-bond acceptors (Lipinski definition) is 6. The number of rotatable bonds is 11. The molecule has 0 aliphatic carbocycles. The van der Waals surface area contributed by atoms with E-state index in [2.05, 4.69) is 10.6 Å². The Hall–Kier alpha value is -2.20. The minimum absolute atomic E-state index is 0.0843. The van der Waals surface area contributed by atoms with Gasteiger partial charge in [-0.25, -0.2) is 4.79 Å². The van der Waals surface area contributed by atoms with Crippen LogP contribution in [0.1, 0.15) is 52.9 Å². The molecule has 166 valence electrons. The molecule has 0 aromatic rings. The molecule has 1 fully saturated rings. The third-order valence-electron chi connectivity index (χ3n) is 5.16. The van der Waals surface area contributed by atoms with E-state index in [9.17, 15) is 24.3 Å². The zero-order valence-electron chi connectivity index (χ0n) is 17.5. The molecule has 0 aromatic carbocycles. The SMILES string of the molecule is CC(NC(=O)C(N)C(C)C)C(=O)NC(CCCCN)C(=O)N1CCCC1C(=O)O. The third-order valence-corrected chi connectivity index (χ3v) is 5.16. The van der Waals surface area contributed by atoms with Gasteiger partial charge in [0.05, 0.1) is 6.04 Å². The second-order valence-electron chi connectivity index (χ2n) is 7.87. The normalized spacial score (nSPS) is 19.5.